The summed E-state index contributed by atoms with van der Waals surface area (Å²) in [5.74, 6) is -1.04. The van der Waals surface area contributed by atoms with E-state index in [0.29, 0.717) is 0 Å². The zero-order chi connectivity index (χ0) is 10.9. The second-order valence-electron chi connectivity index (χ2n) is 2.70. The molecule has 1 fully saturated rings. The Morgan fingerprint density at radius 3 is 2.36 bits per heavy atom. The van der Waals surface area contributed by atoms with Gasteiger partial charge < -0.3 is 24.7 Å². The van der Waals surface area contributed by atoms with Crippen LogP contribution in [0.15, 0.2) is 0 Å². The van der Waals surface area contributed by atoms with E-state index in [4.69, 9.17) is 20.0 Å². The number of phosphoric ester groups is 1. The minimum absolute atomic E-state index is 0.672. The van der Waals surface area contributed by atoms with Crippen LogP contribution in [0.4, 0.5) is 0 Å². The van der Waals surface area contributed by atoms with Crippen LogP contribution in [-0.2, 0) is 18.6 Å². The predicted molar refractivity (Wildman–Crippen MR) is 39.9 cm³/mol. The quantitative estimate of drug-likeness (QED) is 0.314. The summed E-state index contributed by atoms with van der Waals surface area (Å²) in [6.45, 7) is -0.672. The van der Waals surface area contributed by atoms with Crippen molar-refractivity contribution in [1.29, 1.82) is 0 Å². The molecule has 0 amide bonds. The average Bonchev–Trinajstić information content (AvgIpc) is 2.28. The first-order valence-corrected chi connectivity index (χ1v) is 5.11. The fourth-order valence-electron chi connectivity index (χ4n) is 0.935. The summed E-state index contributed by atoms with van der Waals surface area (Å²) in [4.78, 5) is 27.2. The number of carbonyl (C=O) groups excluding carboxylic acids is 1. The van der Waals surface area contributed by atoms with Crippen LogP contribution in [0.3, 0.4) is 0 Å². The number of esters is 1. The fourth-order valence-corrected chi connectivity index (χ4v) is 1.28. The molecule has 0 aromatic heterocycles. The third kappa shape index (κ3) is 2.74. The number of carbonyl (C=O) groups is 1. The molecule has 82 valence electrons. The first-order chi connectivity index (χ1) is 6.31. The number of hydrogen-bond donors (Lipinski definition) is 4. The molecule has 1 saturated heterocycles. The van der Waals surface area contributed by atoms with Gasteiger partial charge in [0.25, 0.3) is 0 Å². The van der Waals surface area contributed by atoms with Crippen molar-refractivity contribution in [2.24, 2.45) is 0 Å². The van der Waals surface area contributed by atoms with Gasteiger partial charge in [-0.1, -0.05) is 0 Å². The molecule has 0 radical (unpaired) electrons. The third-order valence-electron chi connectivity index (χ3n) is 1.62. The smallest absolute Gasteiger partial charge is 0.455 e. The molecule has 8 nitrogen and oxygen atoms in total. The highest BCUT2D eigenvalue weighted by Crippen LogP contribution is 2.36. The lowest BCUT2D eigenvalue weighted by molar-refractivity contribution is -0.148. The van der Waals surface area contributed by atoms with Crippen LogP contribution in [-0.4, -0.2) is 50.9 Å². The van der Waals surface area contributed by atoms with Crippen molar-refractivity contribution in [3.05, 3.63) is 0 Å². The van der Waals surface area contributed by atoms with Gasteiger partial charge in [-0.25, -0.2) is 9.36 Å². The largest absolute Gasteiger partial charge is 0.469 e. The Labute approximate surface area is 78.3 Å². The second-order valence-corrected chi connectivity index (χ2v) is 3.94. The zero-order valence-corrected chi connectivity index (χ0v) is 7.70. The molecule has 1 aliphatic rings. The van der Waals surface area contributed by atoms with Gasteiger partial charge >= 0.3 is 13.8 Å². The van der Waals surface area contributed by atoms with E-state index < -0.39 is 38.7 Å². The minimum atomic E-state index is -4.67. The normalized spacial score (nSPS) is 33.1. The van der Waals surface area contributed by atoms with E-state index in [-0.39, 0.29) is 0 Å². The number of cyclic esters (lactones) is 1. The van der Waals surface area contributed by atoms with Crippen molar-refractivity contribution >= 4 is 13.8 Å². The van der Waals surface area contributed by atoms with E-state index >= 15 is 0 Å². The molecule has 0 aromatic rings. The number of ether oxygens (including phenoxy) is 1. The Morgan fingerprint density at radius 1 is 1.43 bits per heavy atom. The van der Waals surface area contributed by atoms with Crippen LogP contribution >= 0.6 is 7.82 Å². The van der Waals surface area contributed by atoms with Crippen molar-refractivity contribution in [3.63, 3.8) is 0 Å². The van der Waals surface area contributed by atoms with E-state index in [1.54, 1.807) is 0 Å². The Hall–Kier alpha value is -0.500. The van der Waals surface area contributed by atoms with Crippen LogP contribution < -0.4 is 0 Å². The van der Waals surface area contributed by atoms with Gasteiger partial charge in [-0.05, 0) is 0 Å². The van der Waals surface area contributed by atoms with Crippen LogP contribution in [0.5, 0.6) is 0 Å². The van der Waals surface area contributed by atoms with Crippen molar-refractivity contribution in [3.8, 4) is 0 Å². The molecule has 1 rings (SSSR count). The number of phosphoric acid groups is 1. The standard InChI is InChI=1S/C5H9O8P/c6-3-2(1-12-14(9,10)11)13-5(8)4(3)7/h2-4,6-7H,1H2,(H2,9,10,11)/t2-,3-,4+/m0/s1. The van der Waals surface area contributed by atoms with Gasteiger partial charge in [0.15, 0.2) is 12.2 Å². The van der Waals surface area contributed by atoms with Crippen LogP contribution in [0.2, 0.25) is 0 Å². The Balaban J connectivity index is 2.48. The maximum Gasteiger partial charge on any atom is 0.469 e. The zero-order valence-electron chi connectivity index (χ0n) is 6.81. The molecule has 0 saturated carbocycles. The number of hydrogen-bond acceptors (Lipinski definition) is 6. The van der Waals surface area contributed by atoms with E-state index in [9.17, 15) is 9.36 Å². The number of aliphatic hydroxyl groups excluding tert-OH is 2. The summed E-state index contributed by atoms with van der Waals surface area (Å²) in [6.07, 6.45) is -4.49. The molecule has 0 aliphatic carbocycles. The molecule has 0 unspecified atom stereocenters. The lowest BCUT2D eigenvalue weighted by atomic mass is 10.1. The maximum absolute atomic E-state index is 10.6. The molecule has 14 heavy (non-hydrogen) atoms. The Bertz CT molecular complexity index is 271. The van der Waals surface area contributed by atoms with Crippen LogP contribution in [0, 0.1) is 0 Å². The summed E-state index contributed by atoms with van der Waals surface area (Å²) in [7, 11) is -4.67. The average molecular weight is 228 g/mol. The highest BCUT2D eigenvalue weighted by Gasteiger charge is 2.43. The van der Waals surface area contributed by atoms with Gasteiger partial charge in [0.2, 0.25) is 0 Å². The molecular weight excluding hydrogens is 219 g/mol. The number of rotatable bonds is 3. The summed E-state index contributed by atoms with van der Waals surface area (Å²) in [6, 6.07) is 0. The summed E-state index contributed by atoms with van der Waals surface area (Å²) in [5, 5.41) is 18.0. The Morgan fingerprint density at radius 2 is 2.00 bits per heavy atom. The van der Waals surface area contributed by atoms with Crippen molar-refractivity contribution in [2.75, 3.05) is 6.61 Å². The molecule has 1 heterocycles. The third-order valence-corrected chi connectivity index (χ3v) is 2.11. The van der Waals surface area contributed by atoms with E-state index in [0.717, 1.165) is 0 Å². The first-order valence-electron chi connectivity index (χ1n) is 3.58. The van der Waals surface area contributed by atoms with Crippen molar-refractivity contribution < 1.29 is 38.6 Å². The molecule has 9 heteroatoms. The topological polar surface area (TPSA) is 134 Å². The monoisotopic (exact) mass is 228 g/mol. The first kappa shape index (κ1) is 11.6. The molecule has 4 N–H and O–H groups in total. The SMILES string of the molecule is O=C1O[C@@H](COP(=O)(O)O)[C@H](O)[C@H]1O. The van der Waals surface area contributed by atoms with Gasteiger partial charge in [-0.3, -0.25) is 4.52 Å². The van der Waals surface area contributed by atoms with Gasteiger partial charge in [0.1, 0.15) is 6.10 Å². The van der Waals surface area contributed by atoms with Crippen molar-refractivity contribution in [2.45, 2.75) is 18.3 Å². The highest BCUT2D eigenvalue weighted by atomic mass is 31.2. The lowest BCUT2D eigenvalue weighted by Gasteiger charge is -2.13. The molecule has 1 aliphatic heterocycles. The van der Waals surface area contributed by atoms with Crippen LogP contribution in [0.1, 0.15) is 0 Å². The van der Waals surface area contributed by atoms with Gasteiger partial charge in [-0.15, -0.1) is 0 Å². The van der Waals surface area contributed by atoms with Gasteiger partial charge in [0.05, 0.1) is 6.61 Å². The highest BCUT2D eigenvalue weighted by molar-refractivity contribution is 7.46. The van der Waals surface area contributed by atoms with E-state index in [2.05, 4.69) is 9.26 Å². The molecular formula is C5H9O8P. The number of aliphatic hydroxyl groups is 2. The maximum atomic E-state index is 10.6. The van der Waals surface area contributed by atoms with Gasteiger partial charge in [0, 0.05) is 0 Å². The molecule has 0 aromatic carbocycles. The summed E-state index contributed by atoms with van der Waals surface area (Å²) < 4.78 is 18.6. The van der Waals surface area contributed by atoms with E-state index in [1.165, 1.54) is 0 Å². The lowest BCUT2D eigenvalue weighted by Crippen LogP contribution is -2.33. The van der Waals surface area contributed by atoms with Crippen LogP contribution in [0.25, 0.3) is 0 Å². The second kappa shape index (κ2) is 3.93. The fraction of sp³-hybridized carbons (Fsp3) is 0.800. The van der Waals surface area contributed by atoms with Gasteiger partial charge in [-0.2, -0.15) is 0 Å². The molecule has 0 spiro atoms. The molecule has 3 atom stereocenters. The summed E-state index contributed by atoms with van der Waals surface area (Å²) >= 11 is 0. The Kier molecular flexibility index (Phi) is 3.25. The molecule has 0 bridgehead atoms. The predicted octanol–water partition coefficient (Wildman–Crippen LogP) is -2.26. The van der Waals surface area contributed by atoms with E-state index in [1.807, 2.05) is 0 Å². The minimum Gasteiger partial charge on any atom is -0.455 e. The van der Waals surface area contributed by atoms with Crippen molar-refractivity contribution in [1.82, 2.24) is 0 Å². The summed E-state index contributed by atoms with van der Waals surface area (Å²) in [5.41, 5.74) is 0.